The molecule has 1 aromatic rings. The number of aliphatic carboxylic acids is 1. The highest BCUT2D eigenvalue weighted by Crippen LogP contribution is 2.16. The molecule has 0 spiro atoms. The molecule has 1 rings (SSSR count). The Bertz CT molecular complexity index is 455. The minimum absolute atomic E-state index is 0.376. The summed E-state index contributed by atoms with van der Waals surface area (Å²) in [5, 5.41) is 20.3. The molecule has 1 aromatic carbocycles. The molecule has 0 heterocycles. The smallest absolute Gasteiger partial charge is 0.508 e. The van der Waals surface area contributed by atoms with Crippen LogP contribution in [0.2, 0.25) is 0 Å². The molecule has 0 fully saturated rings. The number of rotatable bonds is 6. The van der Waals surface area contributed by atoms with Gasteiger partial charge in [-0.15, -0.1) is 9.79 Å². The van der Waals surface area contributed by atoms with Crippen molar-refractivity contribution in [2.75, 3.05) is 13.1 Å². The SMILES string of the molecule is CCN[C@@H](C)C(=O)O.NCCCc1ccccc1O.O=[P+](O)O. The summed E-state index contributed by atoms with van der Waals surface area (Å²) in [7, 11) is -2.87. The number of carboxylic acid groups (broad SMARTS) is 1. The van der Waals surface area contributed by atoms with Crippen molar-refractivity contribution in [2.24, 2.45) is 5.73 Å². The number of phenols is 1. The number of nitrogens with one attached hydrogen (secondary N) is 1. The lowest BCUT2D eigenvalue weighted by Crippen LogP contribution is -2.33. The third kappa shape index (κ3) is 16.6. The maximum atomic E-state index is 10.0. The van der Waals surface area contributed by atoms with E-state index in [1.165, 1.54) is 0 Å². The summed E-state index contributed by atoms with van der Waals surface area (Å²) in [6.45, 7) is 4.87. The fourth-order valence-corrected chi connectivity index (χ4v) is 1.41. The molecule has 8 nitrogen and oxygen atoms in total. The highest BCUT2D eigenvalue weighted by molar-refractivity contribution is 7.30. The normalized spacial score (nSPS) is 10.5. The Kier molecular flexibility index (Phi) is 15.8. The minimum atomic E-state index is -2.87. The Labute approximate surface area is 136 Å². The van der Waals surface area contributed by atoms with Crippen LogP contribution in [0.3, 0.4) is 0 Å². The van der Waals surface area contributed by atoms with E-state index in [9.17, 15) is 9.90 Å². The summed E-state index contributed by atoms with van der Waals surface area (Å²) in [6.07, 6.45) is 1.79. The average molecular weight is 349 g/mol. The molecule has 23 heavy (non-hydrogen) atoms. The molecule has 0 bridgehead atoms. The summed E-state index contributed by atoms with van der Waals surface area (Å²) >= 11 is 0. The molecule has 0 radical (unpaired) electrons. The predicted molar refractivity (Wildman–Crippen MR) is 88.3 cm³/mol. The third-order valence-electron chi connectivity index (χ3n) is 2.52. The highest BCUT2D eigenvalue weighted by Gasteiger charge is 2.06. The zero-order valence-corrected chi connectivity index (χ0v) is 14.2. The number of aromatic hydroxyl groups is 1. The van der Waals surface area contributed by atoms with E-state index in [1.807, 2.05) is 25.1 Å². The van der Waals surface area contributed by atoms with Crippen molar-refractivity contribution in [3.8, 4) is 5.75 Å². The second-order valence-electron chi connectivity index (χ2n) is 4.39. The van der Waals surface area contributed by atoms with E-state index in [2.05, 4.69) is 5.32 Å². The van der Waals surface area contributed by atoms with Crippen molar-refractivity contribution < 1.29 is 29.4 Å². The standard InChI is InChI=1S/C9H13NO.C5H11NO2.HO3P/c10-7-3-5-8-4-1-2-6-9(8)11;1-3-6-4(2)5(7)8;1-4(2)3/h1-2,4,6,11H,3,5,7,10H2;4,6H,3H2,1-2H3,(H,7,8);(H-,1,2,3)/p+1/t;4-;/m.0./s1. The zero-order chi connectivity index (χ0) is 18.3. The van der Waals surface area contributed by atoms with Gasteiger partial charge in [0.2, 0.25) is 0 Å². The lowest BCUT2D eigenvalue weighted by atomic mass is 10.1. The van der Waals surface area contributed by atoms with Crippen molar-refractivity contribution in [3.63, 3.8) is 0 Å². The van der Waals surface area contributed by atoms with Crippen LogP contribution in [0.1, 0.15) is 25.8 Å². The lowest BCUT2D eigenvalue weighted by Gasteiger charge is -2.03. The maximum absolute atomic E-state index is 10.0. The monoisotopic (exact) mass is 349 g/mol. The molecular weight excluding hydrogens is 323 g/mol. The quantitative estimate of drug-likeness (QED) is 0.416. The molecule has 7 N–H and O–H groups in total. The van der Waals surface area contributed by atoms with Gasteiger partial charge in [0.25, 0.3) is 0 Å². The van der Waals surface area contributed by atoms with Gasteiger partial charge in [-0.3, -0.25) is 4.79 Å². The van der Waals surface area contributed by atoms with Crippen LogP contribution in [0.25, 0.3) is 0 Å². The Balaban J connectivity index is 0. The van der Waals surface area contributed by atoms with Crippen LogP contribution in [0.4, 0.5) is 0 Å². The van der Waals surface area contributed by atoms with E-state index < -0.39 is 20.3 Å². The van der Waals surface area contributed by atoms with Crippen LogP contribution in [0.5, 0.6) is 5.75 Å². The zero-order valence-electron chi connectivity index (χ0n) is 13.3. The van der Waals surface area contributed by atoms with E-state index >= 15 is 0 Å². The Morgan fingerprint density at radius 3 is 2.22 bits per heavy atom. The van der Waals surface area contributed by atoms with Gasteiger partial charge < -0.3 is 21.3 Å². The molecule has 0 aliphatic rings. The number of hydrogen-bond acceptors (Lipinski definition) is 5. The Morgan fingerprint density at radius 1 is 1.35 bits per heavy atom. The van der Waals surface area contributed by atoms with Gasteiger partial charge >= 0.3 is 14.2 Å². The first-order chi connectivity index (χ1) is 10.8. The molecule has 0 saturated carbocycles. The third-order valence-corrected chi connectivity index (χ3v) is 2.52. The second kappa shape index (κ2) is 15.3. The van der Waals surface area contributed by atoms with Crippen LogP contribution in [0.15, 0.2) is 24.3 Å². The first-order valence-electron chi connectivity index (χ1n) is 7.04. The van der Waals surface area contributed by atoms with Gasteiger partial charge in [0.1, 0.15) is 11.8 Å². The van der Waals surface area contributed by atoms with Crippen LogP contribution in [0, 0.1) is 0 Å². The second-order valence-corrected chi connectivity index (χ2v) is 4.90. The first kappa shape index (κ1) is 23.7. The van der Waals surface area contributed by atoms with Gasteiger partial charge in [0.05, 0.1) is 0 Å². The van der Waals surface area contributed by atoms with Gasteiger partial charge in [-0.05, 0) is 44.5 Å². The van der Waals surface area contributed by atoms with Crippen LogP contribution < -0.4 is 11.1 Å². The molecular formula is C14H26N2O6P+. The van der Waals surface area contributed by atoms with Crippen LogP contribution >= 0.6 is 8.25 Å². The van der Waals surface area contributed by atoms with Crippen molar-refractivity contribution in [2.45, 2.75) is 32.7 Å². The van der Waals surface area contributed by atoms with E-state index in [0.717, 1.165) is 18.4 Å². The maximum Gasteiger partial charge on any atom is 0.692 e. The topological polar surface area (TPSA) is 153 Å². The number of carboxylic acids is 1. The van der Waals surface area contributed by atoms with Crippen LogP contribution in [-0.4, -0.2) is 45.1 Å². The predicted octanol–water partition coefficient (Wildman–Crippen LogP) is 0.981. The molecule has 1 atom stereocenters. The summed E-state index contributed by atoms with van der Waals surface area (Å²) in [5.41, 5.74) is 6.33. The Hall–Kier alpha value is -1.57. The molecule has 0 saturated heterocycles. The first-order valence-corrected chi connectivity index (χ1v) is 8.20. The molecule has 0 aliphatic carbocycles. The van der Waals surface area contributed by atoms with E-state index in [1.54, 1.807) is 13.0 Å². The lowest BCUT2D eigenvalue weighted by molar-refractivity contribution is -0.138. The number of carbonyl (C=O) groups is 1. The highest BCUT2D eigenvalue weighted by atomic mass is 31.1. The molecule has 0 amide bonds. The van der Waals surface area contributed by atoms with Gasteiger partial charge in [0, 0.05) is 4.57 Å². The fourth-order valence-electron chi connectivity index (χ4n) is 1.41. The van der Waals surface area contributed by atoms with Gasteiger partial charge in [-0.1, -0.05) is 25.1 Å². The molecule has 9 heteroatoms. The number of hydrogen-bond donors (Lipinski definition) is 6. The van der Waals surface area contributed by atoms with E-state index in [4.69, 9.17) is 25.2 Å². The van der Waals surface area contributed by atoms with Crippen LogP contribution in [-0.2, 0) is 15.8 Å². The van der Waals surface area contributed by atoms with Gasteiger partial charge in [0.15, 0.2) is 0 Å². The van der Waals surface area contributed by atoms with Gasteiger partial charge in [-0.2, -0.15) is 0 Å². The molecule has 0 unspecified atom stereocenters. The van der Waals surface area contributed by atoms with Gasteiger partial charge in [-0.25, -0.2) is 0 Å². The van der Waals surface area contributed by atoms with E-state index in [0.29, 0.717) is 18.8 Å². The molecule has 0 aromatic heterocycles. The molecule has 0 aliphatic heterocycles. The number of benzene rings is 1. The largest absolute Gasteiger partial charge is 0.692 e. The minimum Gasteiger partial charge on any atom is -0.508 e. The molecule has 132 valence electrons. The average Bonchev–Trinajstić information content (AvgIpc) is 2.47. The van der Waals surface area contributed by atoms with E-state index in [-0.39, 0.29) is 0 Å². The van der Waals surface area contributed by atoms with Crippen molar-refractivity contribution >= 4 is 14.2 Å². The summed E-state index contributed by atoms with van der Waals surface area (Å²) in [6, 6.07) is 6.95. The Morgan fingerprint density at radius 2 is 1.87 bits per heavy atom. The number of nitrogens with two attached hydrogens (primary N) is 1. The summed E-state index contributed by atoms with van der Waals surface area (Å²) in [4.78, 5) is 24.3. The summed E-state index contributed by atoms with van der Waals surface area (Å²) < 4.78 is 8.70. The van der Waals surface area contributed by atoms with Crippen molar-refractivity contribution in [1.82, 2.24) is 5.32 Å². The summed E-state index contributed by atoms with van der Waals surface area (Å²) in [5.74, 6) is -0.423. The number of para-hydroxylation sites is 1. The number of likely N-dealkylation sites (N-methyl/N-ethyl adjacent to an activating group) is 1. The number of phenolic OH excluding ortho intramolecular Hbond substituents is 1. The van der Waals surface area contributed by atoms with Crippen molar-refractivity contribution in [3.05, 3.63) is 29.8 Å². The fraction of sp³-hybridized carbons (Fsp3) is 0.500. The number of aryl methyl sites for hydroxylation is 1. The van der Waals surface area contributed by atoms with Crippen molar-refractivity contribution in [1.29, 1.82) is 0 Å².